The number of hydrogen-bond acceptors (Lipinski definition) is 3. The fraction of sp³-hybridized carbons (Fsp3) is 0. The van der Waals surface area contributed by atoms with Gasteiger partial charge in [0.05, 0.1) is 0 Å². The Labute approximate surface area is 305 Å². The fourth-order valence-corrected chi connectivity index (χ4v) is 8.61. The van der Waals surface area contributed by atoms with Gasteiger partial charge in [-0.05, 0) is 98.6 Å². The van der Waals surface area contributed by atoms with Crippen LogP contribution in [0.5, 0.6) is 0 Å². The van der Waals surface area contributed by atoms with E-state index in [1.54, 1.807) is 0 Å². The Balaban J connectivity index is 1.18. The van der Waals surface area contributed by atoms with E-state index < -0.39 is 0 Å². The zero-order valence-electron chi connectivity index (χ0n) is 28.2. The van der Waals surface area contributed by atoms with E-state index in [1.165, 1.54) is 70.2 Å². The third kappa shape index (κ3) is 5.31. The first kappa shape index (κ1) is 30.3. The number of hydrogen-bond donors (Lipinski definition) is 0. The van der Waals surface area contributed by atoms with Crippen LogP contribution in [0.4, 0.5) is 0 Å². The van der Waals surface area contributed by atoms with E-state index in [1.807, 2.05) is 35.6 Å². The van der Waals surface area contributed by atoms with Gasteiger partial charge in [0.15, 0.2) is 5.58 Å². The van der Waals surface area contributed by atoms with Crippen molar-refractivity contribution in [2.24, 2.45) is 0 Å². The van der Waals surface area contributed by atoms with Gasteiger partial charge in [-0.25, -0.2) is 4.98 Å². The molecule has 0 N–H and O–H groups in total. The van der Waals surface area contributed by atoms with Gasteiger partial charge in [-0.3, -0.25) is 0 Å². The maximum atomic E-state index is 6.12. The second-order valence-corrected chi connectivity index (χ2v) is 14.2. The summed E-state index contributed by atoms with van der Waals surface area (Å²) in [6.45, 7) is 0. The van der Waals surface area contributed by atoms with Gasteiger partial charge in [0.25, 0.3) is 0 Å². The van der Waals surface area contributed by atoms with E-state index in [-0.39, 0.29) is 0 Å². The topological polar surface area (TPSA) is 26.0 Å². The predicted molar refractivity (Wildman–Crippen MR) is 220 cm³/mol. The monoisotopic (exact) mass is 681 g/mol. The molecule has 0 aliphatic carbocycles. The molecule has 8 aromatic carbocycles. The number of oxazole rings is 1. The van der Waals surface area contributed by atoms with Gasteiger partial charge in [-0.2, -0.15) is 0 Å². The minimum Gasteiger partial charge on any atom is -0.436 e. The number of para-hydroxylation sites is 2. The highest BCUT2D eigenvalue weighted by Crippen LogP contribution is 2.46. The highest BCUT2D eigenvalue weighted by Gasteiger charge is 2.18. The van der Waals surface area contributed by atoms with Crippen molar-refractivity contribution in [2.45, 2.75) is 0 Å². The third-order valence-corrected chi connectivity index (χ3v) is 11.2. The lowest BCUT2D eigenvalue weighted by Gasteiger charge is -2.14. The second kappa shape index (κ2) is 12.6. The molecule has 244 valence electrons. The predicted octanol–water partition coefficient (Wildman–Crippen LogP) is 14.2. The van der Waals surface area contributed by atoms with Gasteiger partial charge in [0, 0.05) is 31.3 Å². The number of thiophene rings is 1. The molecule has 0 bridgehead atoms. The number of fused-ring (bicyclic) bond motifs is 4. The average Bonchev–Trinajstić information content (AvgIpc) is 3.83. The molecular weight excluding hydrogens is 651 g/mol. The molecule has 0 saturated heterocycles. The van der Waals surface area contributed by atoms with Crippen molar-refractivity contribution in [2.75, 3.05) is 0 Å². The van der Waals surface area contributed by atoms with Gasteiger partial charge >= 0.3 is 0 Å². The minimum absolute atomic E-state index is 0.633. The molecule has 0 radical (unpaired) electrons. The van der Waals surface area contributed by atoms with E-state index >= 15 is 0 Å². The summed E-state index contributed by atoms with van der Waals surface area (Å²) in [6, 6.07) is 67.2. The number of nitrogens with zero attached hydrogens (tertiary/aromatic N) is 1. The molecule has 0 saturated carbocycles. The smallest absolute Gasteiger partial charge is 0.227 e. The van der Waals surface area contributed by atoms with E-state index in [0.29, 0.717) is 5.89 Å². The molecule has 0 aliphatic heterocycles. The first-order valence-corrected chi connectivity index (χ1v) is 18.3. The Bertz CT molecular complexity index is 2850. The van der Waals surface area contributed by atoms with Crippen molar-refractivity contribution >= 4 is 42.6 Å². The summed E-state index contributed by atoms with van der Waals surface area (Å²) in [5.41, 5.74) is 14.7. The molecule has 3 heteroatoms. The molecule has 0 spiro atoms. The average molecular weight is 682 g/mol. The van der Waals surface area contributed by atoms with Gasteiger partial charge in [-0.1, -0.05) is 140 Å². The number of aromatic nitrogens is 1. The highest BCUT2D eigenvalue weighted by molar-refractivity contribution is 7.26. The molecule has 0 unspecified atom stereocenters. The van der Waals surface area contributed by atoms with Gasteiger partial charge < -0.3 is 4.42 Å². The maximum absolute atomic E-state index is 6.12. The van der Waals surface area contributed by atoms with Crippen LogP contribution in [-0.4, -0.2) is 4.98 Å². The van der Waals surface area contributed by atoms with Crippen LogP contribution in [0.1, 0.15) is 0 Å². The lowest BCUT2D eigenvalue weighted by atomic mass is 9.90. The Morgan fingerprint density at radius 2 is 0.865 bits per heavy atom. The Morgan fingerprint density at radius 1 is 0.365 bits per heavy atom. The zero-order valence-corrected chi connectivity index (χ0v) is 29.0. The first-order valence-electron chi connectivity index (χ1n) is 17.5. The maximum Gasteiger partial charge on any atom is 0.227 e. The quantitative estimate of drug-likeness (QED) is 0.175. The summed E-state index contributed by atoms with van der Waals surface area (Å²) >= 11 is 1.86. The molecule has 0 atom stereocenters. The minimum atomic E-state index is 0.633. The normalized spacial score (nSPS) is 11.5. The van der Waals surface area contributed by atoms with Crippen molar-refractivity contribution in [1.29, 1.82) is 0 Å². The summed E-state index contributed by atoms with van der Waals surface area (Å²) in [5, 5.41) is 2.53. The fourth-order valence-electron chi connectivity index (χ4n) is 7.41. The Hall–Kier alpha value is -6.55. The molecule has 2 nitrogen and oxygen atoms in total. The summed E-state index contributed by atoms with van der Waals surface area (Å²) in [4.78, 5) is 4.75. The summed E-state index contributed by atoms with van der Waals surface area (Å²) in [7, 11) is 0. The lowest BCUT2D eigenvalue weighted by Crippen LogP contribution is -1.88. The van der Waals surface area contributed by atoms with Crippen LogP contribution in [0, 0.1) is 0 Å². The highest BCUT2D eigenvalue weighted by atomic mass is 32.1. The summed E-state index contributed by atoms with van der Waals surface area (Å²) in [6.07, 6.45) is 0. The lowest BCUT2D eigenvalue weighted by molar-refractivity contribution is 0.620. The van der Waals surface area contributed by atoms with Crippen LogP contribution in [0.3, 0.4) is 0 Å². The first-order chi connectivity index (χ1) is 25.8. The molecule has 0 amide bonds. The second-order valence-electron chi connectivity index (χ2n) is 13.1. The summed E-state index contributed by atoms with van der Waals surface area (Å²) < 4.78 is 8.67. The molecule has 10 aromatic rings. The van der Waals surface area contributed by atoms with Crippen molar-refractivity contribution in [3.8, 4) is 67.1 Å². The molecular formula is C49H31NOS. The van der Waals surface area contributed by atoms with Crippen molar-refractivity contribution in [3.05, 3.63) is 188 Å². The van der Waals surface area contributed by atoms with Crippen LogP contribution in [0.15, 0.2) is 192 Å². The zero-order chi connectivity index (χ0) is 34.4. The third-order valence-electron chi connectivity index (χ3n) is 9.95. The Kier molecular flexibility index (Phi) is 7.37. The van der Waals surface area contributed by atoms with E-state index in [0.717, 1.165) is 22.2 Å². The number of benzene rings is 8. The van der Waals surface area contributed by atoms with Crippen LogP contribution in [-0.2, 0) is 0 Å². The van der Waals surface area contributed by atoms with Crippen molar-refractivity contribution < 1.29 is 4.42 Å². The Morgan fingerprint density at radius 3 is 1.52 bits per heavy atom. The molecule has 52 heavy (non-hydrogen) atoms. The van der Waals surface area contributed by atoms with Crippen molar-refractivity contribution in [3.63, 3.8) is 0 Å². The van der Waals surface area contributed by atoms with Gasteiger partial charge in [0.1, 0.15) is 5.52 Å². The van der Waals surface area contributed by atoms with E-state index in [2.05, 4.69) is 164 Å². The van der Waals surface area contributed by atoms with E-state index in [9.17, 15) is 0 Å². The van der Waals surface area contributed by atoms with Crippen LogP contribution >= 0.6 is 11.3 Å². The SMILES string of the molecule is c1ccc(-c2ccccc2-c2ccc3sc4c(-c5ccc(-c6nc7ccccc7o6)cc5)cc(-c5ccccc5-c5ccccc5)cc4c3c2)cc1. The van der Waals surface area contributed by atoms with Crippen LogP contribution in [0.25, 0.3) is 98.4 Å². The largest absolute Gasteiger partial charge is 0.436 e. The molecule has 2 aromatic heterocycles. The number of rotatable bonds is 6. The molecule has 2 heterocycles. The molecule has 0 aliphatic rings. The van der Waals surface area contributed by atoms with Crippen LogP contribution < -0.4 is 0 Å². The van der Waals surface area contributed by atoms with Crippen molar-refractivity contribution in [1.82, 2.24) is 4.98 Å². The van der Waals surface area contributed by atoms with E-state index in [4.69, 9.17) is 9.40 Å². The van der Waals surface area contributed by atoms with Gasteiger partial charge in [-0.15, -0.1) is 11.3 Å². The molecule has 0 fully saturated rings. The van der Waals surface area contributed by atoms with Crippen LogP contribution in [0.2, 0.25) is 0 Å². The van der Waals surface area contributed by atoms with Gasteiger partial charge in [0.2, 0.25) is 5.89 Å². The molecule has 10 rings (SSSR count). The summed E-state index contributed by atoms with van der Waals surface area (Å²) in [5.74, 6) is 0.633. The standard InChI is InChI=1S/C49H31NOS/c1-3-13-32(14-4-1)38-17-7-9-19-40(38)36-27-28-47-43(29-36)44-31-37(41-20-10-8-18-39(41)33-15-5-2-6-16-33)30-42(48(44)52-47)34-23-25-35(26-24-34)49-50-45-21-11-12-22-46(45)51-49/h1-31H.